The van der Waals surface area contributed by atoms with Crippen LogP contribution in [0.2, 0.25) is 0 Å². The van der Waals surface area contributed by atoms with Crippen molar-refractivity contribution in [1.82, 2.24) is 4.90 Å². The number of carbonyl (C=O) groups is 1. The van der Waals surface area contributed by atoms with E-state index in [2.05, 4.69) is 19.9 Å². The van der Waals surface area contributed by atoms with Crippen LogP contribution in [0, 0.1) is 11.3 Å². The van der Waals surface area contributed by atoms with E-state index in [0.29, 0.717) is 12.1 Å². The molecule has 1 heterocycles. The third kappa shape index (κ3) is 4.04. The Morgan fingerprint density at radius 2 is 1.96 bits per heavy atom. The molecular formula is C19H26N2O2. The molecule has 1 amide bonds. The quantitative estimate of drug-likeness (QED) is 0.779. The molecule has 1 saturated heterocycles. The van der Waals surface area contributed by atoms with Crippen LogP contribution in [0.5, 0.6) is 0 Å². The molecule has 1 fully saturated rings. The molecular weight excluding hydrogens is 288 g/mol. The van der Waals surface area contributed by atoms with E-state index in [1.165, 1.54) is 5.56 Å². The topological polar surface area (TPSA) is 53.3 Å². The van der Waals surface area contributed by atoms with Gasteiger partial charge < -0.3 is 9.64 Å². The Balaban J connectivity index is 2.10. The number of piperidine rings is 1. The highest BCUT2D eigenvalue weighted by molar-refractivity contribution is 5.68. The Morgan fingerprint density at radius 3 is 2.43 bits per heavy atom. The first-order valence-electron chi connectivity index (χ1n) is 8.15. The summed E-state index contributed by atoms with van der Waals surface area (Å²) in [6.07, 6.45) is 1.55. The fraction of sp³-hybridized carbons (Fsp3) is 0.579. The number of nitrogens with zero attached hydrogens (tertiary/aromatic N) is 2. The van der Waals surface area contributed by atoms with Gasteiger partial charge in [-0.3, -0.25) is 0 Å². The molecule has 0 saturated carbocycles. The van der Waals surface area contributed by atoms with Crippen LogP contribution in [0.3, 0.4) is 0 Å². The number of rotatable bonds is 1. The fourth-order valence-electron chi connectivity index (χ4n) is 3.25. The molecule has 4 heteroatoms. The van der Waals surface area contributed by atoms with Crippen LogP contribution < -0.4 is 0 Å². The maximum atomic E-state index is 12.3. The second-order valence-corrected chi connectivity index (χ2v) is 7.73. The molecule has 23 heavy (non-hydrogen) atoms. The maximum Gasteiger partial charge on any atom is 0.410 e. The summed E-state index contributed by atoms with van der Waals surface area (Å²) in [6.45, 7) is 10.7. The molecule has 1 aromatic carbocycles. The molecule has 124 valence electrons. The fourth-order valence-corrected chi connectivity index (χ4v) is 3.25. The lowest BCUT2D eigenvalue weighted by Crippen LogP contribution is -2.50. The zero-order chi connectivity index (χ0) is 17.3. The Hall–Kier alpha value is -2.02. The third-order valence-corrected chi connectivity index (χ3v) is 4.52. The van der Waals surface area contributed by atoms with Gasteiger partial charge in [-0.2, -0.15) is 5.26 Å². The first-order chi connectivity index (χ1) is 10.6. The molecule has 0 radical (unpaired) electrons. The van der Waals surface area contributed by atoms with Crippen molar-refractivity contribution in [2.24, 2.45) is 0 Å². The van der Waals surface area contributed by atoms with Crippen LogP contribution in [-0.2, 0) is 10.2 Å². The third-order valence-electron chi connectivity index (χ3n) is 4.52. The van der Waals surface area contributed by atoms with Gasteiger partial charge in [-0.15, -0.1) is 0 Å². The minimum absolute atomic E-state index is 0.0198. The van der Waals surface area contributed by atoms with Gasteiger partial charge in [0.25, 0.3) is 0 Å². The number of nitriles is 1. The number of hydrogen-bond donors (Lipinski definition) is 0. The Morgan fingerprint density at radius 1 is 1.35 bits per heavy atom. The van der Waals surface area contributed by atoms with Crippen molar-refractivity contribution in [2.45, 2.75) is 64.5 Å². The summed E-state index contributed by atoms with van der Waals surface area (Å²) in [5.41, 5.74) is 1.46. The predicted octanol–water partition coefficient (Wildman–Crippen LogP) is 4.24. The molecule has 1 aliphatic heterocycles. The monoisotopic (exact) mass is 314 g/mol. The molecule has 0 aliphatic carbocycles. The van der Waals surface area contributed by atoms with Gasteiger partial charge in [-0.05, 0) is 63.6 Å². The molecule has 1 aliphatic rings. The molecule has 0 bridgehead atoms. The van der Waals surface area contributed by atoms with E-state index in [4.69, 9.17) is 10.00 Å². The van der Waals surface area contributed by atoms with Crippen molar-refractivity contribution in [3.63, 3.8) is 0 Å². The van der Waals surface area contributed by atoms with E-state index in [-0.39, 0.29) is 17.6 Å². The highest BCUT2D eigenvalue weighted by atomic mass is 16.6. The van der Waals surface area contributed by atoms with Crippen molar-refractivity contribution < 1.29 is 9.53 Å². The van der Waals surface area contributed by atoms with Gasteiger partial charge in [0, 0.05) is 12.6 Å². The first kappa shape index (κ1) is 17.3. The molecule has 0 aromatic heterocycles. The Bertz CT molecular complexity index is 610. The van der Waals surface area contributed by atoms with Gasteiger partial charge in [-0.1, -0.05) is 19.1 Å². The van der Waals surface area contributed by atoms with Crippen molar-refractivity contribution in [1.29, 1.82) is 5.26 Å². The average Bonchev–Trinajstić information content (AvgIpc) is 2.45. The first-order valence-corrected chi connectivity index (χ1v) is 8.15. The summed E-state index contributed by atoms with van der Waals surface area (Å²) in [4.78, 5) is 14.2. The van der Waals surface area contributed by atoms with Gasteiger partial charge in [0.15, 0.2) is 0 Å². The molecule has 0 spiro atoms. The standard InChI is InChI=1S/C19H26N2O2/c1-14-12-19(5,16-8-6-15(13-20)7-9-16)10-11-21(14)17(22)23-18(2,3)4/h6-9,14H,10-12H2,1-5H3. The predicted molar refractivity (Wildman–Crippen MR) is 90.1 cm³/mol. The number of carbonyl (C=O) groups excluding carboxylic acids is 1. The van der Waals surface area contributed by atoms with Gasteiger partial charge in [0.1, 0.15) is 5.60 Å². The average molecular weight is 314 g/mol. The zero-order valence-corrected chi connectivity index (χ0v) is 14.7. The maximum absolute atomic E-state index is 12.3. The summed E-state index contributed by atoms with van der Waals surface area (Å²) < 4.78 is 5.50. The highest BCUT2D eigenvalue weighted by Crippen LogP contribution is 2.38. The summed E-state index contributed by atoms with van der Waals surface area (Å²) in [6, 6.07) is 10.1. The SMILES string of the molecule is CC1CC(C)(c2ccc(C#N)cc2)CCN1C(=O)OC(C)(C)C. The minimum Gasteiger partial charge on any atom is -0.444 e. The van der Waals surface area contributed by atoms with E-state index in [0.717, 1.165) is 12.8 Å². The van der Waals surface area contributed by atoms with Crippen LogP contribution in [-0.4, -0.2) is 29.2 Å². The lowest BCUT2D eigenvalue weighted by atomic mass is 9.72. The summed E-state index contributed by atoms with van der Waals surface area (Å²) in [5.74, 6) is 0. The number of benzene rings is 1. The second-order valence-electron chi connectivity index (χ2n) is 7.73. The van der Waals surface area contributed by atoms with E-state index >= 15 is 0 Å². The van der Waals surface area contributed by atoms with Crippen molar-refractivity contribution >= 4 is 6.09 Å². The van der Waals surface area contributed by atoms with Crippen LogP contribution in [0.1, 0.15) is 58.6 Å². The number of ether oxygens (including phenoxy) is 1. The van der Waals surface area contributed by atoms with E-state index < -0.39 is 5.60 Å². The van der Waals surface area contributed by atoms with Gasteiger partial charge in [-0.25, -0.2) is 4.79 Å². The number of likely N-dealkylation sites (tertiary alicyclic amines) is 1. The van der Waals surface area contributed by atoms with Crippen LogP contribution in [0.15, 0.2) is 24.3 Å². The van der Waals surface area contributed by atoms with E-state index in [1.807, 2.05) is 49.9 Å². The van der Waals surface area contributed by atoms with Crippen LogP contribution in [0.25, 0.3) is 0 Å². The lowest BCUT2D eigenvalue weighted by molar-refractivity contribution is 0.00528. The highest BCUT2D eigenvalue weighted by Gasteiger charge is 2.38. The largest absolute Gasteiger partial charge is 0.444 e. The van der Waals surface area contributed by atoms with Gasteiger partial charge in [0.2, 0.25) is 0 Å². The van der Waals surface area contributed by atoms with Gasteiger partial charge >= 0.3 is 6.09 Å². The van der Waals surface area contributed by atoms with E-state index in [9.17, 15) is 4.79 Å². The molecule has 1 aromatic rings. The summed E-state index contributed by atoms with van der Waals surface area (Å²) >= 11 is 0. The summed E-state index contributed by atoms with van der Waals surface area (Å²) in [7, 11) is 0. The second kappa shape index (κ2) is 6.23. The lowest BCUT2D eigenvalue weighted by Gasteiger charge is -2.44. The number of hydrogen-bond acceptors (Lipinski definition) is 3. The van der Waals surface area contributed by atoms with Crippen molar-refractivity contribution in [2.75, 3.05) is 6.54 Å². The zero-order valence-electron chi connectivity index (χ0n) is 14.7. The molecule has 0 N–H and O–H groups in total. The molecule has 2 unspecified atom stereocenters. The van der Waals surface area contributed by atoms with E-state index in [1.54, 1.807) is 0 Å². The molecule has 2 rings (SSSR count). The minimum atomic E-state index is -0.468. The molecule has 4 nitrogen and oxygen atoms in total. The smallest absolute Gasteiger partial charge is 0.410 e. The Kier molecular flexibility index (Phi) is 4.70. The normalized spacial score (nSPS) is 24.9. The molecule has 2 atom stereocenters. The number of amides is 1. The summed E-state index contributed by atoms with van der Waals surface area (Å²) in [5, 5.41) is 8.93. The van der Waals surface area contributed by atoms with Crippen LogP contribution in [0.4, 0.5) is 4.79 Å². The van der Waals surface area contributed by atoms with Crippen molar-refractivity contribution in [3.05, 3.63) is 35.4 Å². The Labute approximate surface area is 139 Å². The van der Waals surface area contributed by atoms with Crippen molar-refractivity contribution in [3.8, 4) is 6.07 Å². The van der Waals surface area contributed by atoms with Gasteiger partial charge in [0.05, 0.1) is 11.6 Å². The van der Waals surface area contributed by atoms with Crippen LogP contribution >= 0.6 is 0 Å².